The quantitative estimate of drug-likeness (QED) is 0.621. The van der Waals surface area contributed by atoms with Gasteiger partial charge in [-0.1, -0.05) is 12.1 Å². The maximum absolute atomic E-state index is 11.5. The molecule has 0 fully saturated rings. The van der Waals surface area contributed by atoms with Crippen LogP contribution < -0.4 is 0 Å². The number of carbonyl (C=O) groups excluding carboxylic acids is 1. The summed E-state index contributed by atoms with van der Waals surface area (Å²) in [6, 6.07) is 6.89. The minimum absolute atomic E-state index is 0.0657. The smallest absolute Gasteiger partial charge is 0.293 e. The molecule has 2 aromatic rings. The number of para-hydroxylation sites is 1. The molecule has 1 heterocycles. The Labute approximate surface area is 116 Å². The maximum atomic E-state index is 11.5. The van der Waals surface area contributed by atoms with Gasteiger partial charge >= 0.3 is 0 Å². The first-order valence-corrected chi connectivity index (χ1v) is 6.43. The summed E-state index contributed by atoms with van der Waals surface area (Å²) in [7, 11) is 3.44. The van der Waals surface area contributed by atoms with Gasteiger partial charge in [0.2, 0.25) is 5.91 Å². The van der Waals surface area contributed by atoms with Crippen molar-refractivity contribution in [2.75, 3.05) is 14.1 Å². The molecular weight excluding hydrogens is 258 g/mol. The van der Waals surface area contributed by atoms with E-state index in [-0.39, 0.29) is 16.5 Å². The Hall–Kier alpha value is -2.37. The molecule has 0 saturated carbocycles. The number of carbonyl (C=O) groups is 1. The minimum atomic E-state index is -0.371. The Kier molecular flexibility index (Phi) is 4.02. The number of aryl methyl sites for hydroxylation is 1. The van der Waals surface area contributed by atoms with Crippen LogP contribution in [0.4, 0.5) is 5.69 Å². The van der Waals surface area contributed by atoms with E-state index in [9.17, 15) is 14.9 Å². The molecule has 1 aromatic carbocycles. The first-order chi connectivity index (χ1) is 9.50. The largest absolute Gasteiger partial charge is 0.349 e. The Morgan fingerprint density at radius 3 is 2.75 bits per heavy atom. The number of non-ortho nitro benzene ring substituents is 1. The monoisotopic (exact) mass is 275 g/mol. The van der Waals surface area contributed by atoms with Crippen molar-refractivity contribution in [3.63, 3.8) is 0 Å². The number of fused-ring (bicyclic) bond motifs is 1. The van der Waals surface area contributed by atoms with Gasteiger partial charge in [0.1, 0.15) is 5.52 Å². The summed E-state index contributed by atoms with van der Waals surface area (Å²) in [5, 5.41) is 11.9. The van der Waals surface area contributed by atoms with Gasteiger partial charge in [-0.15, -0.1) is 0 Å². The molecule has 0 unspecified atom stereocenters. The Morgan fingerprint density at radius 2 is 2.10 bits per heavy atom. The van der Waals surface area contributed by atoms with Crippen LogP contribution in [-0.2, 0) is 11.3 Å². The van der Waals surface area contributed by atoms with E-state index < -0.39 is 0 Å². The Morgan fingerprint density at radius 1 is 1.35 bits per heavy atom. The number of nitro benzene ring substituents is 1. The fraction of sp³-hybridized carbons (Fsp3) is 0.357. The highest BCUT2D eigenvalue weighted by Crippen LogP contribution is 2.26. The van der Waals surface area contributed by atoms with E-state index in [0.29, 0.717) is 24.9 Å². The van der Waals surface area contributed by atoms with E-state index in [1.807, 2.05) is 22.9 Å². The van der Waals surface area contributed by atoms with E-state index in [2.05, 4.69) is 0 Å². The van der Waals surface area contributed by atoms with Crippen molar-refractivity contribution in [1.29, 1.82) is 0 Å². The van der Waals surface area contributed by atoms with E-state index >= 15 is 0 Å². The molecule has 0 aliphatic heterocycles. The van der Waals surface area contributed by atoms with E-state index in [1.54, 1.807) is 25.1 Å². The number of hydrogen-bond acceptors (Lipinski definition) is 3. The molecule has 20 heavy (non-hydrogen) atoms. The standard InChI is InChI=1S/C14H17N3O3/c1-15(2)13(18)7-4-9-16-10-8-11-5-3-6-12(14(11)16)17(19)20/h3,5-6,8,10H,4,7,9H2,1-2H3. The summed E-state index contributed by atoms with van der Waals surface area (Å²) < 4.78 is 1.84. The van der Waals surface area contributed by atoms with Gasteiger partial charge in [-0.3, -0.25) is 14.9 Å². The molecule has 0 aliphatic rings. The van der Waals surface area contributed by atoms with Gasteiger partial charge in [0.05, 0.1) is 4.92 Å². The van der Waals surface area contributed by atoms with Gasteiger partial charge in [0.15, 0.2) is 0 Å². The lowest BCUT2D eigenvalue weighted by atomic mass is 10.2. The average Bonchev–Trinajstić information content (AvgIpc) is 2.81. The summed E-state index contributed by atoms with van der Waals surface area (Å²) in [5.41, 5.74) is 0.723. The van der Waals surface area contributed by atoms with Crippen molar-refractivity contribution in [1.82, 2.24) is 9.47 Å². The van der Waals surface area contributed by atoms with Gasteiger partial charge in [-0.2, -0.15) is 0 Å². The highest BCUT2D eigenvalue weighted by atomic mass is 16.6. The second-order valence-corrected chi connectivity index (χ2v) is 4.87. The van der Waals surface area contributed by atoms with Crippen molar-refractivity contribution >= 4 is 22.5 Å². The van der Waals surface area contributed by atoms with Crippen LogP contribution in [0.1, 0.15) is 12.8 Å². The number of benzene rings is 1. The van der Waals surface area contributed by atoms with E-state index in [0.717, 1.165) is 5.39 Å². The Balaban J connectivity index is 2.19. The van der Waals surface area contributed by atoms with Crippen molar-refractivity contribution in [3.05, 3.63) is 40.6 Å². The fourth-order valence-electron chi connectivity index (χ4n) is 2.20. The molecule has 106 valence electrons. The zero-order chi connectivity index (χ0) is 14.7. The molecule has 6 nitrogen and oxygen atoms in total. The first-order valence-electron chi connectivity index (χ1n) is 6.43. The second-order valence-electron chi connectivity index (χ2n) is 4.87. The highest BCUT2D eigenvalue weighted by Gasteiger charge is 2.15. The predicted molar refractivity (Wildman–Crippen MR) is 76.5 cm³/mol. The maximum Gasteiger partial charge on any atom is 0.293 e. The van der Waals surface area contributed by atoms with Gasteiger partial charge in [0, 0.05) is 44.7 Å². The molecule has 6 heteroatoms. The van der Waals surface area contributed by atoms with Crippen LogP contribution in [0.15, 0.2) is 30.5 Å². The lowest BCUT2D eigenvalue weighted by Gasteiger charge is -2.10. The predicted octanol–water partition coefficient (Wildman–Crippen LogP) is 2.42. The lowest BCUT2D eigenvalue weighted by molar-refractivity contribution is -0.383. The van der Waals surface area contributed by atoms with Gasteiger partial charge < -0.3 is 9.47 Å². The molecule has 1 aromatic heterocycles. The molecule has 2 rings (SSSR count). The normalized spacial score (nSPS) is 10.7. The third kappa shape index (κ3) is 2.79. The third-order valence-corrected chi connectivity index (χ3v) is 3.25. The van der Waals surface area contributed by atoms with Crippen LogP contribution in [-0.4, -0.2) is 34.4 Å². The number of hydrogen-bond donors (Lipinski definition) is 0. The van der Waals surface area contributed by atoms with Gasteiger partial charge in [-0.25, -0.2) is 0 Å². The topological polar surface area (TPSA) is 68.4 Å². The van der Waals surface area contributed by atoms with Crippen LogP contribution in [0, 0.1) is 10.1 Å². The van der Waals surface area contributed by atoms with E-state index in [1.165, 1.54) is 6.07 Å². The molecule has 0 aliphatic carbocycles. The fourth-order valence-corrected chi connectivity index (χ4v) is 2.20. The molecule has 1 amide bonds. The molecule has 0 saturated heterocycles. The second kappa shape index (κ2) is 5.73. The molecule has 0 radical (unpaired) electrons. The Bertz CT molecular complexity index is 646. The van der Waals surface area contributed by atoms with E-state index in [4.69, 9.17) is 0 Å². The summed E-state index contributed by atoms with van der Waals surface area (Å²) in [6.07, 6.45) is 2.93. The average molecular weight is 275 g/mol. The zero-order valence-electron chi connectivity index (χ0n) is 11.6. The molecule has 0 atom stereocenters. The number of amides is 1. The minimum Gasteiger partial charge on any atom is -0.349 e. The number of aromatic nitrogens is 1. The van der Waals surface area contributed by atoms with Gasteiger partial charge in [-0.05, 0) is 12.5 Å². The third-order valence-electron chi connectivity index (χ3n) is 3.25. The van der Waals surface area contributed by atoms with Crippen molar-refractivity contribution < 1.29 is 9.72 Å². The molecule has 0 N–H and O–H groups in total. The summed E-state index contributed by atoms with van der Waals surface area (Å²) in [4.78, 5) is 23.8. The van der Waals surface area contributed by atoms with Gasteiger partial charge in [0.25, 0.3) is 5.69 Å². The van der Waals surface area contributed by atoms with Crippen LogP contribution in [0.3, 0.4) is 0 Å². The first kappa shape index (κ1) is 14.0. The highest BCUT2D eigenvalue weighted by molar-refractivity contribution is 5.88. The van der Waals surface area contributed by atoms with Crippen molar-refractivity contribution in [3.8, 4) is 0 Å². The van der Waals surface area contributed by atoms with Crippen LogP contribution >= 0.6 is 0 Å². The van der Waals surface area contributed by atoms with Crippen LogP contribution in [0.5, 0.6) is 0 Å². The van der Waals surface area contributed by atoms with Crippen molar-refractivity contribution in [2.45, 2.75) is 19.4 Å². The summed E-state index contributed by atoms with van der Waals surface area (Å²) in [5.74, 6) is 0.0657. The van der Waals surface area contributed by atoms with Crippen molar-refractivity contribution in [2.24, 2.45) is 0 Å². The SMILES string of the molecule is CN(C)C(=O)CCCn1ccc2cccc([N+](=O)[O-])c21. The number of nitro groups is 1. The summed E-state index contributed by atoms with van der Waals surface area (Å²) in [6.45, 7) is 0.591. The summed E-state index contributed by atoms with van der Waals surface area (Å²) >= 11 is 0. The lowest BCUT2D eigenvalue weighted by Crippen LogP contribution is -2.21. The zero-order valence-corrected chi connectivity index (χ0v) is 11.6. The number of rotatable bonds is 5. The van der Waals surface area contributed by atoms with Crippen LogP contribution in [0.2, 0.25) is 0 Å². The molecule has 0 bridgehead atoms. The van der Waals surface area contributed by atoms with Crippen LogP contribution in [0.25, 0.3) is 10.9 Å². The number of nitrogens with zero attached hydrogens (tertiary/aromatic N) is 3. The molecule has 0 spiro atoms. The molecular formula is C14H17N3O3.